The van der Waals surface area contributed by atoms with Crippen LogP contribution in [0.1, 0.15) is 48.3 Å². The highest BCUT2D eigenvalue weighted by Gasteiger charge is 2.24. The second-order valence-corrected chi connectivity index (χ2v) is 9.01. The van der Waals surface area contributed by atoms with Crippen molar-refractivity contribution in [2.45, 2.75) is 65.3 Å². The molecule has 2 aromatic carbocycles. The van der Waals surface area contributed by atoms with E-state index in [1.165, 1.54) is 0 Å². The number of nitro benzene ring substituents is 1. The molecule has 0 N–H and O–H groups in total. The zero-order chi connectivity index (χ0) is 24.8. The Hall–Kier alpha value is -3.23. The van der Waals surface area contributed by atoms with E-state index in [9.17, 15) is 10.1 Å². The van der Waals surface area contributed by atoms with Gasteiger partial charge in [-0.2, -0.15) is 0 Å². The Labute approximate surface area is 205 Å². The number of aromatic nitrogens is 1. The Morgan fingerprint density at radius 3 is 2.60 bits per heavy atom. The highest BCUT2D eigenvalue weighted by molar-refractivity contribution is 5.55. The molecule has 8 heteroatoms. The number of aryl methyl sites for hydroxylation is 3. The van der Waals surface area contributed by atoms with E-state index in [0.717, 1.165) is 48.3 Å². The Kier molecular flexibility index (Phi) is 8.15. The number of hydrogen-bond donors (Lipinski definition) is 0. The summed E-state index contributed by atoms with van der Waals surface area (Å²) < 4.78 is 23.7. The van der Waals surface area contributed by atoms with Crippen LogP contribution in [-0.4, -0.2) is 35.3 Å². The minimum absolute atomic E-state index is 0.00679. The third-order valence-electron chi connectivity index (χ3n) is 6.27. The molecule has 1 saturated carbocycles. The molecule has 1 fully saturated rings. The summed E-state index contributed by atoms with van der Waals surface area (Å²) in [5.41, 5.74) is 3.52. The smallest absolute Gasteiger partial charge is 0.313 e. The van der Waals surface area contributed by atoms with Crippen LogP contribution in [0.15, 0.2) is 46.9 Å². The van der Waals surface area contributed by atoms with Gasteiger partial charge in [0.15, 0.2) is 5.75 Å². The van der Waals surface area contributed by atoms with Gasteiger partial charge in [-0.15, -0.1) is 0 Å². The number of para-hydroxylation sites is 1. The number of benzene rings is 2. The van der Waals surface area contributed by atoms with E-state index in [4.69, 9.17) is 18.6 Å². The van der Waals surface area contributed by atoms with Gasteiger partial charge in [0.05, 0.1) is 30.3 Å². The van der Waals surface area contributed by atoms with Gasteiger partial charge in [0.1, 0.15) is 18.1 Å². The van der Waals surface area contributed by atoms with Gasteiger partial charge in [0, 0.05) is 11.1 Å². The predicted molar refractivity (Wildman–Crippen MR) is 132 cm³/mol. The summed E-state index contributed by atoms with van der Waals surface area (Å²) in [6.45, 7) is 6.68. The van der Waals surface area contributed by atoms with Crippen molar-refractivity contribution in [3.8, 4) is 17.2 Å². The van der Waals surface area contributed by atoms with Gasteiger partial charge in [-0.3, -0.25) is 10.1 Å². The van der Waals surface area contributed by atoms with E-state index in [1.807, 2.05) is 32.0 Å². The molecule has 1 aliphatic carbocycles. The molecule has 0 radical (unpaired) electrons. The molecule has 1 heterocycles. The van der Waals surface area contributed by atoms with Crippen LogP contribution in [0.5, 0.6) is 5.75 Å². The molecular formula is C27H32N2O6. The topological polar surface area (TPSA) is 96.9 Å². The van der Waals surface area contributed by atoms with Gasteiger partial charge in [0.2, 0.25) is 5.89 Å². The number of rotatable bonds is 10. The van der Waals surface area contributed by atoms with Crippen molar-refractivity contribution in [2.24, 2.45) is 0 Å². The molecule has 35 heavy (non-hydrogen) atoms. The molecule has 0 unspecified atom stereocenters. The Morgan fingerprint density at radius 2 is 1.83 bits per heavy atom. The van der Waals surface area contributed by atoms with Crippen molar-refractivity contribution >= 4 is 5.69 Å². The lowest BCUT2D eigenvalue weighted by Crippen LogP contribution is -2.29. The van der Waals surface area contributed by atoms with E-state index in [0.29, 0.717) is 24.7 Å². The van der Waals surface area contributed by atoms with Crippen LogP contribution in [-0.2, 0) is 16.1 Å². The average Bonchev–Trinajstić information content (AvgIpc) is 3.21. The average molecular weight is 481 g/mol. The third-order valence-corrected chi connectivity index (χ3v) is 6.27. The van der Waals surface area contributed by atoms with Crippen LogP contribution in [0.25, 0.3) is 11.5 Å². The van der Waals surface area contributed by atoms with Crippen LogP contribution in [0.2, 0.25) is 0 Å². The molecule has 1 aliphatic rings. The fraction of sp³-hybridized carbons (Fsp3) is 0.444. The van der Waals surface area contributed by atoms with Gasteiger partial charge in [0.25, 0.3) is 0 Å². The lowest BCUT2D eigenvalue weighted by molar-refractivity contribution is -0.386. The molecule has 3 aromatic rings. The van der Waals surface area contributed by atoms with Crippen LogP contribution in [0.4, 0.5) is 5.69 Å². The van der Waals surface area contributed by atoms with E-state index in [1.54, 1.807) is 25.1 Å². The maximum absolute atomic E-state index is 11.3. The zero-order valence-electron chi connectivity index (χ0n) is 20.5. The highest BCUT2D eigenvalue weighted by Crippen LogP contribution is 2.30. The predicted octanol–water partition coefficient (Wildman–Crippen LogP) is 6.10. The third kappa shape index (κ3) is 6.46. The number of nitrogens with zero attached hydrogens (tertiary/aromatic N) is 2. The van der Waals surface area contributed by atoms with Gasteiger partial charge in [-0.1, -0.05) is 29.8 Å². The minimum atomic E-state index is -0.408. The molecule has 0 bridgehead atoms. The Balaban J connectivity index is 1.24. The molecule has 0 spiro atoms. The van der Waals surface area contributed by atoms with Gasteiger partial charge in [-0.25, -0.2) is 4.98 Å². The minimum Gasteiger partial charge on any atom is -0.484 e. The van der Waals surface area contributed by atoms with E-state index < -0.39 is 4.92 Å². The molecule has 2 atom stereocenters. The summed E-state index contributed by atoms with van der Waals surface area (Å²) in [6.07, 6.45) is 3.92. The first-order chi connectivity index (χ1) is 16.9. The summed E-state index contributed by atoms with van der Waals surface area (Å²) >= 11 is 0. The first kappa shape index (κ1) is 24.9. The quantitative estimate of drug-likeness (QED) is 0.196. The maximum Gasteiger partial charge on any atom is 0.313 e. The van der Waals surface area contributed by atoms with Crippen LogP contribution >= 0.6 is 0 Å². The van der Waals surface area contributed by atoms with Crippen molar-refractivity contribution < 1.29 is 23.6 Å². The van der Waals surface area contributed by atoms with Crippen LogP contribution in [0.3, 0.4) is 0 Å². The summed E-state index contributed by atoms with van der Waals surface area (Å²) in [5.74, 6) is 1.66. The number of hydrogen-bond acceptors (Lipinski definition) is 7. The summed E-state index contributed by atoms with van der Waals surface area (Å²) in [7, 11) is 0. The lowest BCUT2D eigenvalue weighted by atomic mass is 9.95. The van der Waals surface area contributed by atoms with Crippen molar-refractivity contribution in [3.63, 3.8) is 0 Å². The van der Waals surface area contributed by atoms with Crippen molar-refractivity contribution in [1.29, 1.82) is 0 Å². The van der Waals surface area contributed by atoms with Gasteiger partial charge in [-0.05, 0) is 64.7 Å². The maximum atomic E-state index is 11.3. The number of oxazole rings is 1. The number of nitro groups is 1. The second-order valence-electron chi connectivity index (χ2n) is 9.01. The normalized spacial score (nSPS) is 17.9. The van der Waals surface area contributed by atoms with Crippen molar-refractivity contribution in [2.75, 3.05) is 13.2 Å². The SMILES string of the molecule is Cc1cccc(-c2nc(CO[C@H]3CCC[C@@H](OCCOc4cccc(C)c4[N+](=O)[O-])C3)c(C)o2)c1. The summed E-state index contributed by atoms with van der Waals surface area (Å²) in [5, 5.41) is 11.3. The highest BCUT2D eigenvalue weighted by atomic mass is 16.6. The molecule has 8 nitrogen and oxygen atoms in total. The molecular weight excluding hydrogens is 448 g/mol. The first-order valence-electron chi connectivity index (χ1n) is 12.0. The second kappa shape index (κ2) is 11.5. The van der Waals surface area contributed by atoms with Gasteiger partial charge < -0.3 is 18.6 Å². The standard InChI is InChI=1S/C27H32N2O6/c1-18-7-4-9-21(15-18)27-28-24(20(3)35-27)17-34-23-11-6-10-22(16-23)32-13-14-33-25-12-5-8-19(2)26(25)29(30)31/h4-5,7-9,12,15,22-23H,6,10-11,13-14,16-17H2,1-3H3/t22-,23+/m1/s1. The Bertz CT molecular complexity index is 1160. The van der Waals surface area contributed by atoms with E-state index in [-0.39, 0.29) is 30.3 Å². The van der Waals surface area contributed by atoms with Crippen LogP contribution in [0, 0.1) is 30.9 Å². The fourth-order valence-corrected chi connectivity index (χ4v) is 4.41. The van der Waals surface area contributed by atoms with Crippen molar-refractivity contribution in [1.82, 2.24) is 4.98 Å². The fourth-order valence-electron chi connectivity index (χ4n) is 4.41. The summed E-state index contributed by atoms with van der Waals surface area (Å²) in [6, 6.07) is 13.2. The first-order valence-corrected chi connectivity index (χ1v) is 12.0. The van der Waals surface area contributed by atoms with Crippen molar-refractivity contribution in [3.05, 3.63) is 75.2 Å². The zero-order valence-corrected chi connectivity index (χ0v) is 20.5. The molecule has 0 saturated heterocycles. The van der Waals surface area contributed by atoms with Gasteiger partial charge >= 0.3 is 5.69 Å². The monoisotopic (exact) mass is 480 g/mol. The lowest BCUT2D eigenvalue weighted by Gasteiger charge is -2.29. The summed E-state index contributed by atoms with van der Waals surface area (Å²) in [4.78, 5) is 15.5. The van der Waals surface area contributed by atoms with E-state index >= 15 is 0 Å². The molecule has 1 aromatic heterocycles. The molecule has 0 amide bonds. The number of ether oxygens (including phenoxy) is 3. The molecule has 4 rings (SSSR count). The molecule has 0 aliphatic heterocycles. The van der Waals surface area contributed by atoms with E-state index in [2.05, 4.69) is 11.1 Å². The Morgan fingerprint density at radius 1 is 1.06 bits per heavy atom. The van der Waals surface area contributed by atoms with Crippen LogP contribution < -0.4 is 4.74 Å². The largest absolute Gasteiger partial charge is 0.484 e. The molecule has 186 valence electrons.